The molecule has 0 aliphatic heterocycles. The number of hydrogen-bond acceptors (Lipinski definition) is 2. The Morgan fingerprint density at radius 3 is 2.54 bits per heavy atom. The van der Waals surface area contributed by atoms with Crippen molar-refractivity contribution in [1.29, 1.82) is 0 Å². The highest BCUT2D eigenvalue weighted by atomic mass is 16.1. The van der Waals surface area contributed by atoms with E-state index in [0.29, 0.717) is 11.8 Å². The molecule has 1 rings (SSSR count). The van der Waals surface area contributed by atoms with Gasteiger partial charge in [0, 0.05) is 5.56 Å². The lowest BCUT2D eigenvalue weighted by molar-refractivity contribution is -0.104. The number of hydrogen-bond donors (Lipinski definition) is 0. The third-order valence-corrected chi connectivity index (χ3v) is 1.72. The van der Waals surface area contributed by atoms with Gasteiger partial charge in [0.2, 0.25) is 0 Å². The van der Waals surface area contributed by atoms with Crippen molar-refractivity contribution in [1.82, 2.24) is 0 Å². The Kier molecular flexibility index (Phi) is 3.15. The lowest BCUT2D eigenvalue weighted by atomic mass is 10.1. The van der Waals surface area contributed by atoms with Crippen LogP contribution in [0, 0.1) is 6.92 Å². The largest absolute Gasteiger partial charge is 0.299 e. The number of aldehydes is 2. The summed E-state index contributed by atoms with van der Waals surface area (Å²) in [5.74, 6) is 0. The molecule has 0 unspecified atom stereocenters. The van der Waals surface area contributed by atoms with Crippen LogP contribution in [0.2, 0.25) is 0 Å². The maximum Gasteiger partial charge on any atom is 0.150 e. The molecular weight excluding hydrogens is 164 g/mol. The van der Waals surface area contributed by atoms with Crippen molar-refractivity contribution in [2.45, 2.75) is 6.92 Å². The van der Waals surface area contributed by atoms with Gasteiger partial charge in [-0.3, -0.25) is 9.59 Å². The van der Waals surface area contributed by atoms with E-state index in [1.165, 1.54) is 6.08 Å². The zero-order chi connectivity index (χ0) is 9.68. The van der Waals surface area contributed by atoms with E-state index in [-0.39, 0.29) is 0 Å². The molecule has 0 amide bonds. The average Bonchev–Trinajstić information content (AvgIpc) is 2.15. The van der Waals surface area contributed by atoms with Crippen LogP contribution in [-0.2, 0) is 4.79 Å². The van der Waals surface area contributed by atoms with Crippen molar-refractivity contribution < 1.29 is 9.59 Å². The van der Waals surface area contributed by atoms with Gasteiger partial charge in [-0.05, 0) is 18.6 Å². The molecule has 0 aromatic heterocycles. The SMILES string of the molecule is Cc1ccc(C=O)c(/C=C/C=O)c1. The van der Waals surface area contributed by atoms with Crippen LogP contribution < -0.4 is 0 Å². The molecule has 0 bridgehead atoms. The van der Waals surface area contributed by atoms with Gasteiger partial charge in [-0.15, -0.1) is 0 Å². The quantitative estimate of drug-likeness (QED) is 0.519. The summed E-state index contributed by atoms with van der Waals surface area (Å²) in [5, 5.41) is 0. The second-order valence-corrected chi connectivity index (χ2v) is 2.75. The molecule has 0 N–H and O–H groups in total. The molecule has 0 heterocycles. The van der Waals surface area contributed by atoms with Gasteiger partial charge in [-0.25, -0.2) is 0 Å². The highest BCUT2D eigenvalue weighted by Crippen LogP contribution is 2.11. The van der Waals surface area contributed by atoms with Crippen LogP contribution in [-0.4, -0.2) is 12.6 Å². The highest BCUT2D eigenvalue weighted by Gasteiger charge is 1.97. The van der Waals surface area contributed by atoms with Crippen molar-refractivity contribution in [2.24, 2.45) is 0 Å². The summed E-state index contributed by atoms with van der Waals surface area (Å²) in [4.78, 5) is 20.7. The molecule has 0 saturated heterocycles. The highest BCUT2D eigenvalue weighted by molar-refractivity contribution is 5.84. The minimum Gasteiger partial charge on any atom is -0.299 e. The predicted octanol–water partition coefficient (Wildman–Crippen LogP) is 2.02. The Hall–Kier alpha value is -1.70. The van der Waals surface area contributed by atoms with E-state index in [1.54, 1.807) is 12.1 Å². The summed E-state index contributed by atoms with van der Waals surface area (Å²) < 4.78 is 0. The molecule has 1 aromatic rings. The molecule has 1 aromatic carbocycles. The van der Waals surface area contributed by atoms with Crippen molar-refractivity contribution in [3.8, 4) is 0 Å². The van der Waals surface area contributed by atoms with Gasteiger partial charge in [-0.1, -0.05) is 29.8 Å². The number of rotatable bonds is 3. The number of aryl methyl sites for hydroxylation is 1. The molecule has 0 atom stereocenters. The second kappa shape index (κ2) is 4.36. The molecule has 0 aliphatic rings. The van der Waals surface area contributed by atoms with Gasteiger partial charge in [0.05, 0.1) is 0 Å². The molecule has 2 nitrogen and oxygen atoms in total. The predicted molar refractivity (Wildman–Crippen MR) is 51.7 cm³/mol. The van der Waals surface area contributed by atoms with Gasteiger partial charge in [0.1, 0.15) is 6.29 Å². The van der Waals surface area contributed by atoms with Gasteiger partial charge in [0.25, 0.3) is 0 Å². The third kappa shape index (κ3) is 2.37. The Labute approximate surface area is 76.9 Å². The Morgan fingerprint density at radius 1 is 1.15 bits per heavy atom. The lowest BCUT2D eigenvalue weighted by Crippen LogP contribution is -1.86. The number of allylic oxidation sites excluding steroid dienone is 1. The zero-order valence-electron chi connectivity index (χ0n) is 7.36. The fourth-order valence-corrected chi connectivity index (χ4v) is 1.09. The topological polar surface area (TPSA) is 34.1 Å². The summed E-state index contributed by atoms with van der Waals surface area (Å²) in [6.07, 6.45) is 4.48. The average molecular weight is 174 g/mol. The smallest absolute Gasteiger partial charge is 0.150 e. The Bertz CT molecular complexity index is 351. The maximum atomic E-state index is 10.6. The Morgan fingerprint density at radius 2 is 1.92 bits per heavy atom. The molecule has 0 aliphatic carbocycles. The van der Waals surface area contributed by atoms with Crippen molar-refractivity contribution in [3.63, 3.8) is 0 Å². The van der Waals surface area contributed by atoms with Crippen LogP contribution >= 0.6 is 0 Å². The fourth-order valence-electron chi connectivity index (χ4n) is 1.09. The van der Waals surface area contributed by atoms with Crippen LogP contribution in [0.15, 0.2) is 24.3 Å². The van der Waals surface area contributed by atoms with E-state index in [0.717, 1.165) is 17.4 Å². The van der Waals surface area contributed by atoms with E-state index in [9.17, 15) is 9.59 Å². The molecule has 0 radical (unpaired) electrons. The van der Waals surface area contributed by atoms with Gasteiger partial charge in [0.15, 0.2) is 6.29 Å². The van der Waals surface area contributed by atoms with Crippen LogP contribution in [0.5, 0.6) is 0 Å². The third-order valence-electron chi connectivity index (χ3n) is 1.72. The first-order chi connectivity index (χ1) is 6.27. The first-order valence-corrected chi connectivity index (χ1v) is 3.95. The van der Waals surface area contributed by atoms with Crippen molar-refractivity contribution in [3.05, 3.63) is 41.0 Å². The van der Waals surface area contributed by atoms with Gasteiger partial charge >= 0.3 is 0 Å². The summed E-state index contributed by atoms with van der Waals surface area (Å²) >= 11 is 0. The molecule has 0 saturated carbocycles. The van der Waals surface area contributed by atoms with E-state index in [1.807, 2.05) is 19.1 Å². The number of carbonyl (C=O) groups is 2. The van der Waals surface area contributed by atoms with E-state index in [2.05, 4.69) is 0 Å². The number of carbonyl (C=O) groups excluding carboxylic acids is 2. The standard InChI is InChI=1S/C11H10O2/c1-9-4-5-11(8-13)10(7-9)3-2-6-12/h2-8H,1H3/b3-2+. The van der Waals surface area contributed by atoms with Crippen LogP contribution in [0.3, 0.4) is 0 Å². The van der Waals surface area contributed by atoms with Crippen molar-refractivity contribution in [2.75, 3.05) is 0 Å². The second-order valence-electron chi connectivity index (χ2n) is 2.75. The van der Waals surface area contributed by atoms with Crippen LogP contribution in [0.25, 0.3) is 6.08 Å². The summed E-state index contributed by atoms with van der Waals surface area (Å²) in [5.41, 5.74) is 2.45. The van der Waals surface area contributed by atoms with E-state index >= 15 is 0 Å². The van der Waals surface area contributed by atoms with Gasteiger partial charge < -0.3 is 0 Å². The maximum absolute atomic E-state index is 10.6. The first-order valence-electron chi connectivity index (χ1n) is 3.95. The molecular formula is C11H10O2. The zero-order valence-corrected chi connectivity index (χ0v) is 7.36. The summed E-state index contributed by atoms with van der Waals surface area (Å²) in [7, 11) is 0. The lowest BCUT2D eigenvalue weighted by Gasteiger charge is -1.99. The summed E-state index contributed by atoms with van der Waals surface area (Å²) in [6, 6.07) is 5.47. The monoisotopic (exact) mass is 174 g/mol. The van der Waals surface area contributed by atoms with Gasteiger partial charge in [-0.2, -0.15) is 0 Å². The number of benzene rings is 1. The molecule has 0 spiro atoms. The fraction of sp³-hybridized carbons (Fsp3) is 0.0909. The normalized spacial score (nSPS) is 10.2. The van der Waals surface area contributed by atoms with E-state index < -0.39 is 0 Å². The molecule has 2 heteroatoms. The minimum absolute atomic E-state index is 0.601. The van der Waals surface area contributed by atoms with Crippen molar-refractivity contribution >= 4 is 18.6 Å². The molecule has 66 valence electrons. The van der Waals surface area contributed by atoms with Crippen LogP contribution in [0.1, 0.15) is 21.5 Å². The minimum atomic E-state index is 0.601. The van der Waals surface area contributed by atoms with E-state index in [4.69, 9.17) is 0 Å². The van der Waals surface area contributed by atoms with Crippen LogP contribution in [0.4, 0.5) is 0 Å². The molecule has 0 fully saturated rings. The Balaban J connectivity index is 3.14. The summed E-state index contributed by atoms with van der Waals surface area (Å²) in [6.45, 7) is 1.94. The first kappa shape index (κ1) is 9.39. The molecule has 13 heavy (non-hydrogen) atoms.